The highest BCUT2D eigenvalue weighted by Crippen LogP contribution is 1.88. The summed E-state index contributed by atoms with van der Waals surface area (Å²) in [5, 5.41) is 3.36. The maximum atomic E-state index is 5.55. The molecule has 0 amide bonds. The Hall–Kier alpha value is -0.120. The third-order valence-corrected chi connectivity index (χ3v) is 2.42. The smallest absolute Gasteiger partial charge is 0.0594 e. The van der Waals surface area contributed by atoms with Gasteiger partial charge in [-0.3, -0.25) is 0 Å². The average Bonchev–Trinajstić information content (AvgIpc) is 2.22. The summed E-state index contributed by atoms with van der Waals surface area (Å²) in [5.41, 5.74) is 0. The fourth-order valence-electron chi connectivity index (χ4n) is 1.37. The van der Waals surface area contributed by atoms with Crippen LogP contribution in [0.25, 0.3) is 0 Å². The lowest BCUT2D eigenvalue weighted by atomic mass is 10.2. The molecule has 0 unspecified atom stereocenters. The third-order valence-electron chi connectivity index (χ3n) is 2.42. The molecule has 0 aromatic rings. The third kappa shape index (κ3) is 10.2. The number of likely N-dealkylation sites (N-methyl/N-ethyl adjacent to an activating group) is 1. The quantitative estimate of drug-likeness (QED) is 0.561. The lowest BCUT2D eigenvalue weighted by Gasteiger charge is -2.17. The van der Waals surface area contributed by atoms with E-state index in [1.165, 1.54) is 0 Å². The summed E-state index contributed by atoms with van der Waals surface area (Å²) in [4.78, 5) is 2.38. The molecule has 0 saturated heterocycles. The molecule has 0 fully saturated rings. The van der Waals surface area contributed by atoms with Crippen molar-refractivity contribution < 1.29 is 4.74 Å². The molecule has 0 aromatic carbocycles. The zero-order valence-corrected chi connectivity index (χ0v) is 10.9. The summed E-state index contributed by atoms with van der Waals surface area (Å²) in [6, 6.07) is 0. The molecule has 3 nitrogen and oxygen atoms in total. The van der Waals surface area contributed by atoms with Crippen LogP contribution < -0.4 is 5.32 Å². The van der Waals surface area contributed by atoms with Crippen LogP contribution in [-0.4, -0.2) is 50.8 Å². The summed E-state index contributed by atoms with van der Waals surface area (Å²) in [5.74, 6) is 0.723. The average molecular weight is 216 g/mol. The van der Waals surface area contributed by atoms with Gasteiger partial charge in [0, 0.05) is 13.1 Å². The van der Waals surface area contributed by atoms with Crippen molar-refractivity contribution in [2.24, 2.45) is 5.92 Å². The van der Waals surface area contributed by atoms with Crippen LogP contribution in [0, 0.1) is 5.92 Å². The second-order valence-corrected chi connectivity index (χ2v) is 4.24. The van der Waals surface area contributed by atoms with Crippen molar-refractivity contribution in [2.75, 3.05) is 45.9 Å². The van der Waals surface area contributed by atoms with Gasteiger partial charge in [-0.25, -0.2) is 0 Å². The van der Waals surface area contributed by atoms with Crippen LogP contribution in [0.2, 0.25) is 0 Å². The van der Waals surface area contributed by atoms with Gasteiger partial charge in [-0.1, -0.05) is 27.7 Å². The van der Waals surface area contributed by atoms with Crippen LogP contribution in [-0.2, 0) is 4.74 Å². The predicted octanol–water partition coefficient (Wildman–Crippen LogP) is 1.59. The van der Waals surface area contributed by atoms with E-state index in [1.807, 2.05) is 0 Å². The molecule has 0 aliphatic heterocycles. The van der Waals surface area contributed by atoms with E-state index in [1.54, 1.807) is 0 Å². The van der Waals surface area contributed by atoms with Crippen LogP contribution >= 0.6 is 0 Å². The monoisotopic (exact) mass is 216 g/mol. The summed E-state index contributed by atoms with van der Waals surface area (Å²) >= 11 is 0. The maximum Gasteiger partial charge on any atom is 0.0594 e. The number of hydrogen-bond donors (Lipinski definition) is 1. The largest absolute Gasteiger partial charge is 0.379 e. The minimum atomic E-state index is 0.723. The van der Waals surface area contributed by atoms with E-state index in [2.05, 4.69) is 37.9 Å². The van der Waals surface area contributed by atoms with Gasteiger partial charge in [-0.15, -0.1) is 0 Å². The van der Waals surface area contributed by atoms with Gasteiger partial charge in [0.2, 0.25) is 0 Å². The minimum Gasteiger partial charge on any atom is -0.379 e. The molecule has 0 rings (SSSR count). The van der Waals surface area contributed by atoms with Crippen molar-refractivity contribution in [3.8, 4) is 0 Å². The van der Waals surface area contributed by atoms with Gasteiger partial charge in [-0.2, -0.15) is 0 Å². The van der Waals surface area contributed by atoms with Crippen LogP contribution in [0.5, 0.6) is 0 Å². The Balaban J connectivity index is 3.10. The zero-order valence-electron chi connectivity index (χ0n) is 10.9. The fraction of sp³-hybridized carbons (Fsp3) is 1.00. The Morgan fingerprint density at radius 3 is 2.33 bits per heavy atom. The van der Waals surface area contributed by atoms with Gasteiger partial charge in [0.05, 0.1) is 13.2 Å². The Bertz CT molecular complexity index is 125. The van der Waals surface area contributed by atoms with Gasteiger partial charge < -0.3 is 15.0 Å². The van der Waals surface area contributed by atoms with Gasteiger partial charge in [0.1, 0.15) is 0 Å². The zero-order chi connectivity index (χ0) is 11.5. The number of hydrogen-bond acceptors (Lipinski definition) is 3. The molecular weight excluding hydrogens is 188 g/mol. The molecule has 0 spiro atoms. The Morgan fingerprint density at radius 1 is 1.13 bits per heavy atom. The second-order valence-electron chi connectivity index (χ2n) is 4.24. The van der Waals surface area contributed by atoms with Crippen LogP contribution in [0.4, 0.5) is 0 Å². The van der Waals surface area contributed by atoms with E-state index in [0.717, 1.165) is 51.9 Å². The van der Waals surface area contributed by atoms with Crippen molar-refractivity contribution >= 4 is 0 Å². The van der Waals surface area contributed by atoms with Gasteiger partial charge in [0.15, 0.2) is 0 Å². The van der Waals surface area contributed by atoms with E-state index in [9.17, 15) is 0 Å². The summed E-state index contributed by atoms with van der Waals surface area (Å²) in [6.07, 6.45) is 0. The summed E-state index contributed by atoms with van der Waals surface area (Å²) in [6.45, 7) is 15.8. The van der Waals surface area contributed by atoms with Crippen molar-refractivity contribution in [1.82, 2.24) is 10.2 Å². The van der Waals surface area contributed by atoms with Crippen molar-refractivity contribution in [2.45, 2.75) is 27.7 Å². The van der Waals surface area contributed by atoms with Crippen LogP contribution in [0.3, 0.4) is 0 Å². The molecule has 0 aromatic heterocycles. The molecule has 92 valence electrons. The first-order valence-electron chi connectivity index (χ1n) is 6.21. The minimum absolute atomic E-state index is 0.723. The Labute approximate surface area is 95.2 Å². The lowest BCUT2D eigenvalue weighted by Crippen LogP contribution is -2.29. The highest BCUT2D eigenvalue weighted by atomic mass is 16.5. The molecule has 0 saturated carbocycles. The topological polar surface area (TPSA) is 24.5 Å². The Morgan fingerprint density at radius 2 is 1.80 bits per heavy atom. The fourth-order valence-corrected chi connectivity index (χ4v) is 1.37. The standard InChI is InChI=1S/C12H28N2O/c1-5-14(6-2)8-10-15-9-7-13-11-12(3)4/h12-13H,5-11H2,1-4H3. The number of nitrogens with one attached hydrogen (secondary N) is 1. The molecule has 0 aliphatic carbocycles. The first-order chi connectivity index (χ1) is 7.20. The maximum absolute atomic E-state index is 5.55. The van der Waals surface area contributed by atoms with E-state index in [0.29, 0.717) is 0 Å². The second kappa shape index (κ2) is 10.4. The van der Waals surface area contributed by atoms with Crippen molar-refractivity contribution in [3.05, 3.63) is 0 Å². The van der Waals surface area contributed by atoms with E-state index < -0.39 is 0 Å². The molecule has 0 heterocycles. The van der Waals surface area contributed by atoms with Crippen LogP contribution in [0.15, 0.2) is 0 Å². The van der Waals surface area contributed by atoms with Gasteiger partial charge in [-0.05, 0) is 25.6 Å². The highest BCUT2D eigenvalue weighted by Gasteiger charge is 1.97. The lowest BCUT2D eigenvalue weighted by molar-refractivity contribution is 0.108. The molecule has 3 heteroatoms. The number of rotatable bonds is 10. The SMILES string of the molecule is CCN(CC)CCOCCNCC(C)C. The van der Waals surface area contributed by atoms with E-state index in [-0.39, 0.29) is 0 Å². The first kappa shape index (κ1) is 14.9. The molecule has 0 atom stereocenters. The molecule has 15 heavy (non-hydrogen) atoms. The highest BCUT2D eigenvalue weighted by molar-refractivity contribution is 4.52. The van der Waals surface area contributed by atoms with Crippen molar-refractivity contribution in [1.29, 1.82) is 0 Å². The van der Waals surface area contributed by atoms with Crippen molar-refractivity contribution in [3.63, 3.8) is 0 Å². The normalized spacial score (nSPS) is 11.6. The Kier molecular flexibility index (Phi) is 10.3. The summed E-state index contributed by atoms with van der Waals surface area (Å²) < 4.78 is 5.55. The molecule has 0 aliphatic rings. The van der Waals surface area contributed by atoms with Gasteiger partial charge >= 0.3 is 0 Å². The first-order valence-corrected chi connectivity index (χ1v) is 6.21. The van der Waals surface area contributed by atoms with Gasteiger partial charge in [0.25, 0.3) is 0 Å². The molecule has 0 radical (unpaired) electrons. The molecular formula is C12H28N2O. The molecule has 0 bridgehead atoms. The van der Waals surface area contributed by atoms with E-state index in [4.69, 9.17) is 4.74 Å². The number of nitrogens with zero attached hydrogens (tertiary/aromatic N) is 1. The summed E-state index contributed by atoms with van der Waals surface area (Å²) in [7, 11) is 0. The van der Waals surface area contributed by atoms with Crippen LogP contribution in [0.1, 0.15) is 27.7 Å². The number of ether oxygens (including phenoxy) is 1. The predicted molar refractivity (Wildman–Crippen MR) is 66.3 cm³/mol. The van der Waals surface area contributed by atoms with E-state index >= 15 is 0 Å². The molecule has 1 N–H and O–H groups in total.